The first kappa shape index (κ1) is 16.8. The smallest absolute Gasteiger partial charge is 0.241 e. The average Bonchev–Trinajstić information content (AvgIpc) is 3.11. The van der Waals surface area contributed by atoms with Gasteiger partial charge in [0.15, 0.2) is 0 Å². The summed E-state index contributed by atoms with van der Waals surface area (Å²) in [6.45, 7) is 3.36. The van der Waals surface area contributed by atoms with Gasteiger partial charge in [0.2, 0.25) is 10.0 Å². The van der Waals surface area contributed by atoms with E-state index in [2.05, 4.69) is 25.8 Å². The summed E-state index contributed by atoms with van der Waals surface area (Å²) >= 11 is 1.11. The Balaban J connectivity index is 1.42. The minimum absolute atomic E-state index is 0.154. The second kappa shape index (κ2) is 6.95. The SMILES string of the molecule is O=S(=O)(C1=CC=C[C@@H]2N=S=N[C@@H]12)N1CCN(Cc2ccccc2)CC1. The maximum atomic E-state index is 13.0. The standard InChI is InChI=1S/C17H20N4O2S2/c22-25(23,16-8-4-7-15-17(16)19-24-18-15)21-11-9-20(10-12-21)13-14-5-2-1-3-6-14/h1-8,15,17H,9-13H2/t15-,17+/m0/s1. The normalized spacial score (nSPS) is 27.0. The molecule has 132 valence electrons. The summed E-state index contributed by atoms with van der Waals surface area (Å²) in [5.74, 6) is 0. The maximum absolute atomic E-state index is 13.0. The van der Waals surface area contributed by atoms with Crippen molar-refractivity contribution in [2.24, 2.45) is 8.73 Å². The van der Waals surface area contributed by atoms with Crippen LogP contribution >= 0.6 is 0 Å². The molecule has 1 aromatic rings. The summed E-state index contributed by atoms with van der Waals surface area (Å²) in [7, 11) is -3.49. The molecule has 0 aromatic heterocycles. The Bertz CT molecular complexity index is 865. The number of rotatable bonds is 4. The van der Waals surface area contributed by atoms with Gasteiger partial charge >= 0.3 is 0 Å². The van der Waals surface area contributed by atoms with E-state index in [0.717, 1.165) is 31.0 Å². The van der Waals surface area contributed by atoms with Gasteiger partial charge in [0.25, 0.3) is 0 Å². The highest BCUT2D eigenvalue weighted by atomic mass is 32.2. The van der Waals surface area contributed by atoms with Crippen molar-refractivity contribution in [2.75, 3.05) is 26.2 Å². The summed E-state index contributed by atoms with van der Waals surface area (Å²) in [5.41, 5.74) is 1.25. The predicted octanol–water partition coefficient (Wildman–Crippen LogP) is 1.79. The molecule has 1 aromatic carbocycles. The molecule has 3 aliphatic rings. The summed E-state index contributed by atoms with van der Waals surface area (Å²) < 4.78 is 36.2. The number of fused-ring (bicyclic) bond motifs is 1. The molecular formula is C17H20N4O2S2. The third kappa shape index (κ3) is 3.39. The molecule has 0 spiro atoms. The first-order valence-corrected chi connectivity index (χ1v) is 10.5. The Hall–Kier alpha value is -1.61. The van der Waals surface area contributed by atoms with Crippen LogP contribution in [0, 0.1) is 0 Å². The number of hydrogen-bond donors (Lipinski definition) is 0. The Morgan fingerprint density at radius 3 is 2.60 bits per heavy atom. The van der Waals surface area contributed by atoms with Crippen molar-refractivity contribution in [1.29, 1.82) is 0 Å². The molecule has 0 bridgehead atoms. The summed E-state index contributed by atoms with van der Waals surface area (Å²) in [6, 6.07) is 9.75. The van der Waals surface area contributed by atoms with Gasteiger partial charge < -0.3 is 0 Å². The zero-order valence-electron chi connectivity index (χ0n) is 13.7. The Morgan fingerprint density at radius 2 is 1.84 bits per heavy atom. The highest BCUT2D eigenvalue weighted by molar-refractivity contribution is 7.93. The molecule has 2 aliphatic heterocycles. The van der Waals surface area contributed by atoms with Crippen molar-refractivity contribution in [3.63, 3.8) is 0 Å². The van der Waals surface area contributed by atoms with Gasteiger partial charge in [-0.3, -0.25) is 4.90 Å². The lowest BCUT2D eigenvalue weighted by Gasteiger charge is -2.35. The number of allylic oxidation sites excluding steroid dienone is 2. The van der Waals surface area contributed by atoms with Crippen LogP contribution < -0.4 is 0 Å². The summed E-state index contributed by atoms with van der Waals surface area (Å²) in [4.78, 5) is 2.68. The molecule has 0 unspecified atom stereocenters. The van der Waals surface area contributed by atoms with Gasteiger partial charge in [0.1, 0.15) is 12.1 Å². The quantitative estimate of drug-likeness (QED) is 0.805. The topological polar surface area (TPSA) is 65.3 Å². The first-order valence-electron chi connectivity index (χ1n) is 8.36. The Labute approximate surface area is 151 Å². The van der Waals surface area contributed by atoms with E-state index in [1.54, 1.807) is 16.5 Å². The molecule has 0 radical (unpaired) electrons. The lowest BCUT2D eigenvalue weighted by atomic mass is 10.1. The second-order valence-corrected chi connectivity index (χ2v) is 8.87. The Kier molecular flexibility index (Phi) is 4.68. The molecule has 1 saturated heterocycles. The lowest BCUT2D eigenvalue weighted by Crippen LogP contribution is -2.49. The van der Waals surface area contributed by atoms with Crippen molar-refractivity contribution in [2.45, 2.75) is 18.6 Å². The van der Waals surface area contributed by atoms with E-state index < -0.39 is 10.0 Å². The van der Waals surface area contributed by atoms with Crippen LogP contribution in [0.3, 0.4) is 0 Å². The molecule has 4 rings (SSSR count). The first-order chi connectivity index (χ1) is 12.1. The zero-order valence-corrected chi connectivity index (χ0v) is 15.4. The van der Waals surface area contributed by atoms with Gasteiger partial charge in [-0.1, -0.05) is 42.5 Å². The van der Waals surface area contributed by atoms with Crippen LogP contribution in [0.2, 0.25) is 0 Å². The number of sulfonamides is 1. The number of benzene rings is 1. The molecular weight excluding hydrogens is 356 g/mol. The van der Waals surface area contributed by atoms with Crippen LogP contribution in [-0.2, 0) is 27.9 Å². The molecule has 8 heteroatoms. The van der Waals surface area contributed by atoms with Crippen molar-refractivity contribution in [3.8, 4) is 0 Å². The number of hydrogen-bond acceptors (Lipinski definition) is 5. The fourth-order valence-corrected chi connectivity index (χ4v) is 5.78. The van der Waals surface area contributed by atoms with Gasteiger partial charge in [0, 0.05) is 32.7 Å². The minimum atomic E-state index is -3.49. The average molecular weight is 377 g/mol. The monoisotopic (exact) mass is 376 g/mol. The highest BCUT2D eigenvalue weighted by Crippen LogP contribution is 2.29. The number of piperazine rings is 1. The zero-order chi connectivity index (χ0) is 17.3. The summed E-state index contributed by atoms with van der Waals surface area (Å²) in [6.07, 6.45) is 5.37. The minimum Gasteiger partial charge on any atom is -0.296 e. The lowest BCUT2D eigenvalue weighted by molar-refractivity contribution is 0.182. The van der Waals surface area contributed by atoms with Gasteiger partial charge in [-0.05, 0) is 11.6 Å². The predicted molar refractivity (Wildman–Crippen MR) is 99.2 cm³/mol. The van der Waals surface area contributed by atoms with Crippen molar-refractivity contribution in [3.05, 3.63) is 59.0 Å². The van der Waals surface area contributed by atoms with Gasteiger partial charge in [-0.15, -0.1) is 0 Å². The van der Waals surface area contributed by atoms with Crippen LogP contribution in [0.25, 0.3) is 0 Å². The molecule has 1 fully saturated rings. The van der Waals surface area contributed by atoms with E-state index in [-0.39, 0.29) is 12.1 Å². The molecule has 6 nitrogen and oxygen atoms in total. The molecule has 0 saturated carbocycles. The van der Waals surface area contributed by atoms with Crippen molar-refractivity contribution >= 4 is 21.4 Å². The molecule has 2 atom stereocenters. The van der Waals surface area contributed by atoms with E-state index in [4.69, 9.17) is 0 Å². The van der Waals surface area contributed by atoms with Crippen LogP contribution in [-0.4, -0.2) is 55.9 Å². The molecule has 2 heterocycles. The molecule has 0 N–H and O–H groups in total. The fraction of sp³-hybridized carbons (Fsp3) is 0.412. The van der Waals surface area contributed by atoms with E-state index in [0.29, 0.717) is 18.0 Å². The van der Waals surface area contributed by atoms with Crippen LogP contribution in [0.1, 0.15) is 5.56 Å². The molecule has 25 heavy (non-hydrogen) atoms. The van der Waals surface area contributed by atoms with E-state index in [1.807, 2.05) is 24.3 Å². The van der Waals surface area contributed by atoms with Crippen LogP contribution in [0.15, 0.2) is 62.2 Å². The van der Waals surface area contributed by atoms with Crippen molar-refractivity contribution in [1.82, 2.24) is 9.21 Å². The van der Waals surface area contributed by atoms with E-state index in [9.17, 15) is 8.42 Å². The van der Waals surface area contributed by atoms with Gasteiger partial charge in [-0.2, -0.15) is 4.31 Å². The van der Waals surface area contributed by atoms with E-state index in [1.165, 1.54) is 5.56 Å². The van der Waals surface area contributed by atoms with E-state index >= 15 is 0 Å². The van der Waals surface area contributed by atoms with Crippen LogP contribution in [0.4, 0.5) is 0 Å². The third-order valence-electron chi connectivity index (χ3n) is 4.73. The molecule has 1 aliphatic carbocycles. The molecule has 0 amide bonds. The van der Waals surface area contributed by atoms with Gasteiger partial charge in [0.05, 0.1) is 16.3 Å². The summed E-state index contributed by atoms with van der Waals surface area (Å²) in [5, 5.41) is 0. The Morgan fingerprint density at radius 1 is 1.08 bits per heavy atom. The second-order valence-electron chi connectivity index (χ2n) is 6.35. The number of nitrogens with zero attached hydrogens (tertiary/aromatic N) is 4. The maximum Gasteiger partial charge on any atom is 0.241 e. The fourth-order valence-electron chi connectivity index (χ4n) is 3.33. The third-order valence-corrected chi connectivity index (χ3v) is 7.41. The highest BCUT2D eigenvalue weighted by Gasteiger charge is 2.39. The largest absolute Gasteiger partial charge is 0.296 e. The van der Waals surface area contributed by atoms with Gasteiger partial charge in [-0.25, -0.2) is 17.1 Å². The van der Waals surface area contributed by atoms with Crippen LogP contribution in [0.5, 0.6) is 0 Å². The van der Waals surface area contributed by atoms with Crippen molar-refractivity contribution < 1.29 is 8.42 Å².